The summed E-state index contributed by atoms with van der Waals surface area (Å²) in [6.45, 7) is 3.29. The molecule has 2 atom stereocenters. The number of nitrogens with zero attached hydrogens (tertiary/aromatic N) is 1. The summed E-state index contributed by atoms with van der Waals surface area (Å²) in [7, 11) is 0. The number of hydrogen-bond donors (Lipinski definition) is 1. The van der Waals surface area contributed by atoms with Crippen LogP contribution in [0.4, 0.5) is 4.79 Å². The number of carbonyl (C=O) groups is 2. The smallest absolute Gasteiger partial charge is 0.409 e. The van der Waals surface area contributed by atoms with Crippen molar-refractivity contribution < 1.29 is 14.3 Å². The summed E-state index contributed by atoms with van der Waals surface area (Å²) < 4.78 is 5.04. The minimum absolute atomic E-state index is 0.0562. The maximum Gasteiger partial charge on any atom is 0.409 e. The highest BCUT2D eigenvalue weighted by atomic mass is 16.6. The number of aryl methyl sites for hydroxylation is 1. The number of ether oxygens (including phenoxy) is 1. The zero-order valence-corrected chi connectivity index (χ0v) is 13.6. The maximum absolute atomic E-state index is 12.6. The minimum Gasteiger partial charge on any atom is -0.450 e. The Hall–Kier alpha value is -2.04. The quantitative estimate of drug-likeness (QED) is 0.932. The van der Waals surface area contributed by atoms with Gasteiger partial charge >= 0.3 is 6.09 Å². The highest BCUT2D eigenvalue weighted by Crippen LogP contribution is 2.31. The van der Waals surface area contributed by atoms with E-state index in [-0.39, 0.29) is 24.0 Å². The van der Waals surface area contributed by atoms with Gasteiger partial charge < -0.3 is 15.0 Å². The largest absolute Gasteiger partial charge is 0.450 e. The van der Waals surface area contributed by atoms with Crippen molar-refractivity contribution >= 4 is 12.0 Å². The summed E-state index contributed by atoms with van der Waals surface area (Å²) in [5, 5.41) is 3.18. The van der Waals surface area contributed by atoms with Crippen molar-refractivity contribution in [3.8, 4) is 0 Å². The topological polar surface area (TPSA) is 58.6 Å². The summed E-state index contributed by atoms with van der Waals surface area (Å²) >= 11 is 0. The fourth-order valence-corrected chi connectivity index (χ4v) is 3.57. The van der Waals surface area contributed by atoms with Gasteiger partial charge in [0.1, 0.15) is 0 Å². The monoisotopic (exact) mass is 316 g/mol. The molecular weight excluding hydrogens is 292 g/mol. The Morgan fingerprint density at radius 1 is 1.30 bits per heavy atom. The van der Waals surface area contributed by atoms with E-state index in [1.165, 1.54) is 11.1 Å². The molecule has 5 nitrogen and oxygen atoms in total. The van der Waals surface area contributed by atoms with Gasteiger partial charge in [0.2, 0.25) is 5.91 Å². The number of rotatable bonds is 3. The third-order valence-corrected chi connectivity index (χ3v) is 4.77. The molecular formula is C18H24N2O3. The minimum atomic E-state index is -0.309. The van der Waals surface area contributed by atoms with E-state index in [0.29, 0.717) is 19.7 Å². The summed E-state index contributed by atoms with van der Waals surface area (Å²) in [5.41, 5.74) is 2.56. The Morgan fingerprint density at radius 3 is 2.96 bits per heavy atom. The Balaban J connectivity index is 1.59. The molecule has 1 aliphatic heterocycles. The molecule has 5 heteroatoms. The van der Waals surface area contributed by atoms with E-state index in [2.05, 4.69) is 17.4 Å². The molecule has 1 N–H and O–H groups in total. The van der Waals surface area contributed by atoms with E-state index in [1.807, 2.05) is 12.1 Å². The first-order valence-corrected chi connectivity index (χ1v) is 8.49. The summed E-state index contributed by atoms with van der Waals surface area (Å²) in [4.78, 5) is 26.1. The molecule has 0 bridgehead atoms. The highest BCUT2D eigenvalue weighted by molar-refractivity contribution is 5.80. The number of fused-ring (bicyclic) bond motifs is 1. The van der Waals surface area contributed by atoms with Crippen molar-refractivity contribution in [3.05, 3.63) is 35.4 Å². The van der Waals surface area contributed by atoms with Crippen LogP contribution in [-0.2, 0) is 16.0 Å². The first-order chi connectivity index (χ1) is 11.2. The van der Waals surface area contributed by atoms with E-state index in [0.717, 1.165) is 25.7 Å². The van der Waals surface area contributed by atoms with Gasteiger partial charge in [-0.05, 0) is 43.7 Å². The Kier molecular flexibility index (Phi) is 4.84. The zero-order chi connectivity index (χ0) is 16.2. The molecule has 1 heterocycles. The van der Waals surface area contributed by atoms with Crippen LogP contribution in [0.15, 0.2) is 24.3 Å². The number of nitrogens with one attached hydrogen (secondary N) is 1. The van der Waals surface area contributed by atoms with Gasteiger partial charge in [0.05, 0.1) is 18.6 Å². The second-order valence-electron chi connectivity index (χ2n) is 6.28. The lowest BCUT2D eigenvalue weighted by Crippen LogP contribution is -2.46. The molecule has 1 saturated heterocycles. The van der Waals surface area contributed by atoms with Crippen molar-refractivity contribution in [3.63, 3.8) is 0 Å². The van der Waals surface area contributed by atoms with Gasteiger partial charge in [0, 0.05) is 13.1 Å². The van der Waals surface area contributed by atoms with Crippen LogP contribution in [0.25, 0.3) is 0 Å². The Labute approximate surface area is 137 Å². The lowest BCUT2D eigenvalue weighted by molar-refractivity contribution is -0.127. The van der Waals surface area contributed by atoms with Crippen LogP contribution in [0.2, 0.25) is 0 Å². The number of likely N-dealkylation sites (tertiary alicyclic amines) is 1. The average Bonchev–Trinajstić information content (AvgIpc) is 2.98. The summed E-state index contributed by atoms with van der Waals surface area (Å²) in [6, 6.07) is 8.40. The molecule has 0 saturated carbocycles. The van der Waals surface area contributed by atoms with E-state index in [1.54, 1.807) is 11.8 Å². The predicted octanol–water partition coefficient (Wildman–Crippen LogP) is 2.66. The number of amides is 2. The van der Waals surface area contributed by atoms with E-state index < -0.39 is 0 Å². The van der Waals surface area contributed by atoms with Crippen molar-refractivity contribution in [2.75, 3.05) is 19.7 Å². The van der Waals surface area contributed by atoms with Crippen LogP contribution in [-0.4, -0.2) is 36.6 Å². The van der Waals surface area contributed by atoms with Gasteiger partial charge in [-0.2, -0.15) is 0 Å². The lowest BCUT2D eigenvalue weighted by atomic mass is 9.96. The van der Waals surface area contributed by atoms with Gasteiger partial charge in [0.15, 0.2) is 0 Å². The molecule has 1 aromatic carbocycles. The molecule has 0 radical (unpaired) electrons. The van der Waals surface area contributed by atoms with Gasteiger partial charge in [-0.1, -0.05) is 24.3 Å². The summed E-state index contributed by atoms with van der Waals surface area (Å²) in [6.07, 6.45) is 3.34. The van der Waals surface area contributed by atoms with Gasteiger partial charge in [-0.15, -0.1) is 0 Å². The number of carbonyl (C=O) groups excluding carboxylic acids is 2. The number of hydrogen-bond acceptors (Lipinski definition) is 3. The molecule has 2 amide bonds. The molecule has 2 unspecified atom stereocenters. The van der Waals surface area contributed by atoms with E-state index in [9.17, 15) is 9.59 Å². The standard InChI is InChI=1S/C18H24N2O3/c1-2-23-18(22)20-11-5-7-14(12-20)17(21)19-16-10-9-13-6-3-4-8-15(13)16/h3-4,6,8,14,16H,2,5,7,9-12H2,1H3,(H,19,21). The van der Waals surface area contributed by atoms with Crippen molar-refractivity contribution in [2.24, 2.45) is 5.92 Å². The first kappa shape index (κ1) is 15.8. The number of benzene rings is 1. The maximum atomic E-state index is 12.6. The van der Waals surface area contributed by atoms with Crippen LogP contribution in [0.3, 0.4) is 0 Å². The SMILES string of the molecule is CCOC(=O)N1CCCC(C(=O)NC2CCc3ccccc32)C1. The second-order valence-corrected chi connectivity index (χ2v) is 6.28. The van der Waals surface area contributed by atoms with Gasteiger partial charge in [-0.25, -0.2) is 4.79 Å². The molecule has 2 aliphatic rings. The van der Waals surface area contributed by atoms with Crippen LogP contribution in [0.1, 0.15) is 43.4 Å². The van der Waals surface area contributed by atoms with Gasteiger partial charge in [0.25, 0.3) is 0 Å². The van der Waals surface area contributed by atoms with E-state index >= 15 is 0 Å². The van der Waals surface area contributed by atoms with Crippen molar-refractivity contribution in [1.82, 2.24) is 10.2 Å². The molecule has 1 fully saturated rings. The van der Waals surface area contributed by atoms with Crippen molar-refractivity contribution in [1.29, 1.82) is 0 Å². The van der Waals surface area contributed by atoms with Crippen LogP contribution in [0.5, 0.6) is 0 Å². The predicted molar refractivity (Wildman–Crippen MR) is 87.0 cm³/mol. The highest BCUT2D eigenvalue weighted by Gasteiger charge is 2.31. The fraction of sp³-hybridized carbons (Fsp3) is 0.556. The van der Waals surface area contributed by atoms with Crippen molar-refractivity contribution in [2.45, 2.75) is 38.6 Å². The zero-order valence-electron chi connectivity index (χ0n) is 13.6. The molecule has 0 aromatic heterocycles. The first-order valence-electron chi connectivity index (χ1n) is 8.49. The lowest BCUT2D eigenvalue weighted by Gasteiger charge is -2.31. The number of piperidine rings is 1. The van der Waals surface area contributed by atoms with Crippen LogP contribution < -0.4 is 5.32 Å². The Morgan fingerprint density at radius 2 is 2.13 bits per heavy atom. The summed E-state index contributed by atoms with van der Waals surface area (Å²) in [5.74, 6) is -0.0818. The average molecular weight is 316 g/mol. The van der Waals surface area contributed by atoms with Crippen LogP contribution >= 0.6 is 0 Å². The molecule has 124 valence electrons. The third-order valence-electron chi connectivity index (χ3n) is 4.77. The molecule has 1 aromatic rings. The van der Waals surface area contributed by atoms with E-state index in [4.69, 9.17) is 4.74 Å². The second kappa shape index (κ2) is 7.02. The fourth-order valence-electron chi connectivity index (χ4n) is 3.57. The normalized spacial score (nSPS) is 23.3. The molecule has 0 spiro atoms. The molecule has 3 rings (SSSR count). The van der Waals surface area contributed by atoms with Gasteiger partial charge in [-0.3, -0.25) is 4.79 Å². The van der Waals surface area contributed by atoms with Crippen LogP contribution in [0, 0.1) is 5.92 Å². The third kappa shape index (κ3) is 3.49. The Bertz CT molecular complexity index is 587. The molecule has 1 aliphatic carbocycles. The molecule has 23 heavy (non-hydrogen) atoms.